The van der Waals surface area contributed by atoms with Crippen LogP contribution in [-0.4, -0.2) is 42.9 Å². The molecule has 3 rings (SSSR count). The molecule has 146 valence electrons. The molecule has 0 aromatic heterocycles. The lowest BCUT2D eigenvalue weighted by Gasteiger charge is -2.54. The molecular formula is C19H29FIN3O2. The van der Waals surface area contributed by atoms with Gasteiger partial charge in [0.25, 0.3) is 0 Å². The molecule has 2 fully saturated rings. The second kappa shape index (κ2) is 8.84. The highest BCUT2D eigenvalue weighted by Crippen LogP contribution is 2.52. The molecule has 3 N–H and O–H groups in total. The van der Waals surface area contributed by atoms with Gasteiger partial charge in [0.2, 0.25) is 0 Å². The first-order chi connectivity index (χ1) is 11.9. The van der Waals surface area contributed by atoms with Crippen LogP contribution in [0, 0.1) is 17.2 Å². The van der Waals surface area contributed by atoms with Gasteiger partial charge in [0, 0.05) is 30.5 Å². The zero-order valence-corrected chi connectivity index (χ0v) is 17.9. The highest BCUT2D eigenvalue weighted by atomic mass is 127. The Bertz CT molecular complexity index is 641. The first kappa shape index (κ1) is 21.4. The van der Waals surface area contributed by atoms with Crippen LogP contribution in [-0.2, 0) is 4.74 Å². The molecule has 2 aliphatic rings. The summed E-state index contributed by atoms with van der Waals surface area (Å²) in [6.07, 6.45) is 0.547. The average Bonchev–Trinajstić information content (AvgIpc) is 3.04. The number of fused-ring (bicyclic) bond motifs is 1. The van der Waals surface area contributed by atoms with Crippen LogP contribution < -0.4 is 10.6 Å². The Morgan fingerprint density at radius 3 is 2.92 bits per heavy atom. The lowest BCUT2D eigenvalue weighted by Crippen LogP contribution is -2.68. The number of benzene rings is 1. The minimum Gasteiger partial charge on any atom is -0.386 e. The van der Waals surface area contributed by atoms with Crippen molar-refractivity contribution < 1.29 is 14.2 Å². The Kier molecular flexibility index (Phi) is 7.27. The fraction of sp³-hybridized carbons (Fsp3) is 0.632. The van der Waals surface area contributed by atoms with Crippen LogP contribution in [0.1, 0.15) is 38.9 Å². The Balaban J connectivity index is 0.00000243. The van der Waals surface area contributed by atoms with Crippen LogP contribution in [0.2, 0.25) is 0 Å². The number of aliphatic hydroxyl groups is 1. The van der Waals surface area contributed by atoms with E-state index >= 15 is 0 Å². The van der Waals surface area contributed by atoms with Gasteiger partial charge >= 0.3 is 0 Å². The van der Waals surface area contributed by atoms with Crippen molar-refractivity contribution in [2.75, 3.05) is 19.7 Å². The van der Waals surface area contributed by atoms with Crippen LogP contribution in [0.3, 0.4) is 0 Å². The summed E-state index contributed by atoms with van der Waals surface area (Å²) in [6, 6.07) is 6.31. The van der Waals surface area contributed by atoms with Crippen LogP contribution in [0.4, 0.5) is 4.39 Å². The van der Waals surface area contributed by atoms with E-state index in [0.717, 1.165) is 19.6 Å². The number of aliphatic hydroxyl groups excluding tert-OH is 1. The van der Waals surface area contributed by atoms with E-state index in [0.29, 0.717) is 29.6 Å². The van der Waals surface area contributed by atoms with Crippen molar-refractivity contribution in [3.05, 3.63) is 35.6 Å². The van der Waals surface area contributed by atoms with Crippen molar-refractivity contribution in [3.8, 4) is 0 Å². The molecule has 0 bridgehead atoms. The lowest BCUT2D eigenvalue weighted by molar-refractivity contribution is -0.106. The van der Waals surface area contributed by atoms with Gasteiger partial charge in [-0.1, -0.05) is 26.0 Å². The molecule has 1 aromatic rings. The lowest BCUT2D eigenvalue weighted by atomic mass is 9.57. The maximum atomic E-state index is 13.3. The van der Waals surface area contributed by atoms with E-state index in [4.69, 9.17) is 4.74 Å². The summed E-state index contributed by atoms with van der Waals surface area (Å²) in [5, 5.41) is 17.0. The Morgan fingerprint density at radius 1 is 1.46 bits per heavy atom. The number of aliphatic imine (C=N–C) groups is 1. The van der Waals surface area contributed by atoms with E-state index in [1.807, 2.05) is 6.92 Å². The maximum Gasteiger partial charge on any atom is 0.191 e. The molecule has 26 heavy (non-hydrogen) atoms. The standard InChI is InChI=1S/C19H28FN3O2.HI/c1-4-21-18(22-11-15(24)12-6-5-7-13(20)10-12)23-16-14-8-9-25-17(14)19(16,2)3;/h5-7,10,14-17,24H,4,8-9,11H2,1-3H3,(H2,21,22,23);1H. The van der Waals surface area contributed by atoms with Crippen molar-refractivity contribution >= 4 is 29.9 Å². The third-order valence-electron chi connectivity index (χ3n) is 5.39. The minimum atomic E-state index is -0.830. The topological polar surface area (TPSA) is 65.9 Å². The molecule has 1 saturated heterocycles. The van der Waals surface area contributed by atoms with E-state index < -0.39 is 6.10 Å². The molecule has 1 saturated carbocycles. The van der Waals surface area contributed by atoms with Crippen molar-refractivity contribution in [3.63, 3.8) is 0 Å². The molecule has 0 amide bonds. The monoisotopic (exact) mass is 477 g/mol. The van der Waals surface area contributed by atoms with Crippen molar-refractivity contribution in [2.45, 2.75) is 45.4 Å². The smallest absolute Gasteiger partial charge is 0.191 e. The number of halogens is 2. The van der Waals surface area contributed by atoms with E-state index in [1.54, 1.807) is 12.1 Å². The average molecular weight is 477 g/mol. The normalized spacial score (nSPS) is 27.7. The molecule has 1 aliphatic heterocycles. The number of nitrogens with one attached hydrogen (secondary N) is 2. The largest absolute Gasteiger partial charge is 0.386 e. The van der Waals surface area contributed by atoms with Crippen LogP contribution in [0.15, 0.2) is 29.3 Å². The van der Waals surface area contributed by atoms with Gasteiger partial charge in [-0.3, -0.25) is 4.99 Å². The van der Waals surface area contributed by atoms with Gasteiger partial charge in [0.15, 0.2) is 5.96 Å². The van der Waals surface area contributed by atoms with Gasteiger partial charge in [0.05, 0.1) is 18.8 Å². The highest BCUT2D eigenvalue weighted by molar-refractivity contribution is 14.0. The molecular weight excluding hydrogens is 448 g/mol. The molecule has 0 spiro atoms. The number of ether oxygens (including phenoxy) is 1. The number of nitrogens with zero attached hydrogens (tertiary/aromatic N) is 1. The summed E-state index contributed by atoms with van der Waals surface area (Å²) in [5.74, 6) is 0.836. The molecule has 4 unspecified atom stereocenters. The fourth-order valence-corrected chi connectivity index (χ4v) is 4.08. The molecule has 4 atom stereocenters. The van der Waals surface area contributed by atoms with Gasteiger partial charge in [-0.05, 0) is 31.0 Å². The number of hydrogen-bond donors (Lipinski definition) is 3. The molecule has 1 aliphatic carbocycles. The predicted octanol–water partition coefficient (Wildman–Crippen LogP) is 2.85. The summed E-state index contributed by atoms with van der Waals surface area (Å²) in [5.41, 5.74) is 0.589. The number of hydrogen-bond acceptors (Lipinski definition) is 3. The molecule has 1 heterocycles. The van der Waals surface area contributed by atoms with E-state index in [-0.39, 0.29) is 41.8 Å². The van der Waals surface area contributed by atoms with E-state index in [2.05, 4.69) is 29.5 Å². The summed E-state index contributed by atoms with van der Waals surface area (Å²) in [4.78, 5) is 4.50. The van der Waals surface area contributed by atoms with Crippen LogP contribution in [0.25, 0.3) is 0 Å². The first-order valence-electron chi connectivity index (χ1n) is 9.03. The van der Waals surface area contributed by atoms with Crippen LogP contribution in [0.5, 0.6) is 0 Å². The van der Waals surface area contributed by atoms with Gasteiger partial charge in [-0.25, -0.2) is 4.39 Å². The summed E-state index contributed by atoms with van der Waals surface area (Å²) in [6.45, 7) is 8.16. The highest BCUT2D eigenvalue weighted by Gasteiger charge is 2.59. The van der Waals surface area contributed by atoms with E-state index in [9.17, 15) is 9.50 Å². The van der Waals surface area contributed by atoms with E-state index in [1.165, 1.54) is 12.1 Å². The van der Waals surface area contributed by atoms with Gasteiger partial charge in [-0.2, -0.15) is 0 Å². The SMILES string of the molecule is CCNC(=NCC(O)c1cccc(F)c1)NC1C2CCOC2C1(C)C.I. The van der Waals surface area contributed by atoms with Crippen molar-refractivity contribution in [1.82, 2.24) is 10.6 Å². The third-order valence-corrected chi connectivity index (χ3v) is 5.39. The Labute approximate surface area is 171 Å². The molecule has 5 nitrogen and oxygen atoms in total. The minimum absolute atomic E-state index is 0. The van der Waals surface area contributed by atoms with Gasteiger partial charge in [-0.15, -0.1) is 24.0 Å². The predicted molar refractivity (Wildman–Crippen MR) is 111 cm³/mol. The summed E-state index contributed by atoms with van der Waals surface area (Å²) >= 11 is 0. The van der Waals surface area contributed by atoms with Crippen LogP contribution >= 0.6 is 24.0 Å². The maximum absolute atomic E-state index is 13.3. The zero-order chi connectivity index (χ0) is 18.0. The second-order valence-corrected chi connectivity index (χ2v) is 7.48. The number of guanidine groups is 1. The molecule has 1 aromatic carbocycles. The summed E-state index contributed by atoms with van der Waals surface area (Å²) in [7, 11) is 0. The van der Waals surface area contributed by atoms with Crippen molar-refractivity contribution in [1.29, 1.82) is 0 Å². The Hall–Kier alpha value is -0.930. The Morgan fingerprint density at radius 2 is 2.23 bits per heavy atom. The summed E-state index contributed by atoms with van der Waals surface area (Å²) < 4.78 is 19.1. The fourth-order valence-electron chi connectivity index (χ4n) is 4.08. The first-order valence-corrected chi connectivity index (χ1v) is 9.03. The van der Waals surface area contributed by atoms with Crippen molar-refractivity contribution in [2.24, 2.45) is 16.3 Å². The van der Waals surface area contributed by atoms with Gasteiger partial charge in [0.1, 0.15) is 5.82 Å². The second-order valence-electron chi connectivity index (χ2n) is 7.48. The molecule has 7 heteroatoms. The number of rotatable bonds is 5. The van der Waals surface area contributed by atoms with Gasteiger partial charge < -0.3 is 20.5 Å². The quantitative estimate of drug-likeness (QED) is 0.347. The zero-order valence-electron chi connectivity index (χ0n) is 15.5. The third kappa shape index (κ3) is 4.31. The molecule has 0 radical (unpaired) electrons.